The average Bonchev–Trinajstić information content (AvgIpc) is 2.55. The first-order valence-electron chi connectivity index (χ1n) is 8.21. The number of carboxylic acids is 1. The van der Waals surface area contributed by atoms with Gasteiger partial charge in [0.15, 0.2) is 5.69 Å². The van der Waals surface area contributed by atoms with Crippen LogP contribution in [0.15, 0.2) is 6.07 Å². The smallest absolute Gasteiger partial charge is 0.354 e. The molecule has 0 spiro atoms. The molecular formula is C16H24N4O2. The molecule has 120 valence electrons. The first-order valence-corrected chi connectivity index (χ1v) is 8.21. The monoisotopic (exact) mass is 304 g/mol. The van der Waals surface area contributed by atoms with Gasteiger partial charge < -0.3 is 10.0 Å². The van der Waals surface area contributed by atoms with Crippen LogP contribution in [0, 0.1) is 6.92 Å². The zero-order chi connectivity index (χ0) is 15.5. The Balaban J connectivity index is 1.64. The van der Waals surface area contributed by atoms with Gasteiger partial charge in [-0.05, 0) is 25.8 Å². The number of carboxylic acid groups (broad SMARTS) is 1. The van der Waals surface area contributed by atoms with E-state index in [1.165, 1.54) is 38.2 Å². The molecule has 22 heavy (non-hydrogen) atoms. The Morgan fingerprint density at radius 2 is 1.82 bits per heavy atom. The van der Waals surface area contributed by atoms with Crippen molar-refractivity contribution < 1.29 is 9.90 Å². The SMILES string of the molecule is Cc1cc(C(=O)O)nc(N2CCN(C3CCCCC3)CC2)n1. The molecule has 1 N–H and O–H groups in total. The molecule has 3 rings (SSSR count). The lowest BCUT2D eigenvalue weighted by molar-refractivity contribution is 0.0690. The molecule has 2 heterocycles. The number of aryl methyl sites for hydroxylation is 1. The molecule has 6 heteroatoms. The van der Waals surface area contributed by atoms with Crippen molar-refractivity contribution in [3.05, 3.63) is 17.5 Å². The Hall–Kier alpha value is -1.69. The van der Waals surface area contributed by atoms with Gasteiger partial charge in [-0.25, -0.2) is 14.8 Å². The van der Waals surface area contributed by atoms with Crippen molar-refractivity contribution in [1.29, 1.82) is 0 Å². The van der Waals surface area contributed by atoms with Crippen LogP contribution in [0.2, 0.25) is 0 Å². The topological polar surface area (TPSA) is 69.6 Å². The van der Waals surface area contributed by atoms with Crippen molar-refractivity contribution in [2.24, 2.45) is 0 Å². The quantitative estimate of drug-likeness (QED) is 0.920. The van der Waals surface area contributed by atoms with Gasteiger partial charge >= 0.3 is 5.97 Å². The Kier molecular flexibility index (Phi) is 4.57. The van der Waals surface area contributed by atoms with Gasteiger partial charge in [0.25, 0.3) is 0 Å². The predicted octanol–water partition coefficient (Wildman–Crippen LogP) is 1.94. The van der Waals surface area contributed by atoms with E-state index in [0.29, 0.717) is 11.6 Å². The van der Waals surface area contributed by atoms with Gasteiger partial charge in [-0.15, -0.1) is 0 Å². The Morgan fingerprint density at radius 3 is 2.45 bits per heavy atom. The molecule has 1 saturated heterocycles. The molecule has 1 aliphatic carbocycles. The zero-order valence-corrected chi connectivity index (χ0v) is 13.2. The number of rotatable bonds is 3. The van der Waals surface area contributed by atoms with Crippen LogP contribution >= 0.6 is 0 Å². The summed E-state index contributed by atoms with van der Waals surface area (Å²) in [4.78, 5) is 24.4. The van der Waals surface area contributed by atoms with Crippen LogP contribution in [-0.4, -0.2) is 58.2 Å². The summed E-state index contributed by atoms with van der Waals surface area (Å²) in [6.07, 6.45) is 6.74. The summed E-state index contributed by atoms with van der Waals surface area (Å²) in [5.74, 6) is -0.437. The maximum Gasteiger partial charge on any atom is 0.354 e. The number of nitrogens with zero attached hydrogens (tertiary/aromatic N) is 4. The molecule has 0 aromatic carbocycles. The van der Waals surface area contributed by atoms with Crippen LogP contribution in [-0.2, 0) is 0 Å². The number of hydrogen-bond acceptors (Lipinski definition) is 5. The highest BCUT2D eigenvalue weighted by molar-refractivity contribution is 5.85. The third-order valence-electron chi connectivity index (χ3n) is 4.75. The third-order valence-corrected chi connectivity index (χ3v) is 4.75. The van der Waals surface area contributed by atoms with E-state index in [4.69, 9.17) is 5.11 Å². The molecule has 1 aromatic heterocycles. The zero-order valence-electron chi connectivity index (χ0n) is 13.2. The van der Waals surface area contributed by atoms with Crippen molar-refractivity contribution in [1.82, 2.24) is 14.9 Å². The largest absolute Gasteiger partial charge is 0.477 e. The summed E-state index contributed by atoms with van der Waals surface area (Å²) >= 11 is 0. The predicted molar refractivity (Wildman–Crippen MR) is 84.4 cm³/mol. The van der Waals surface area contributed by atoms with Gasteiger partial charge in [-0.1, -0.05) is 19.3 Å². The molecule has 2 fully saturated rings. The molecule has 0 bridgehead atoms. The van der Waals surface area contributed by atoms with Crippen molar-refractivity contribution in [2.75, 3.05) is 31.1 Å². The summed E-state index contributed by atoms with van der Waals surface area (Å²) in [5.41, 5.74) is 0.786. The molecule has 1 aromatic rings. The number of piperazine rings is 1. The summed E-state index contributed by atoms with van der Waals surface area (Å²) in [5, 5.41) is 9.13. The van der Waals surface area contributed by atoms with E-state index in [1.807, 2.05) is 6.92 Å². The fourth-order valence-electron chi connectivity index (χ4n) is 3.54. The molecule has 1 aliphatic heterocycles. The molecular weight excluding hydrogens is 280 g/mol. The van der Waals surface area contributed by atoms with E-state index in [9.17, 15) is 4.79 Å². The van der Waals surface area contributed by atoms with E-state index < -0.39 is 5.97 Å². The van der Waals surface area contributed by atoms with E-state index >= 15 is 0 Å². The van der Waals surface area contributed by atoms with E-state index in [2.05, 4.69) is 19.8 Å². The van der Waals surface area contributed by atoms with Crippen LogP contribution in [0.3, 0.4) is 0 Å². The van der Waals surface area contributed by atoms with Crippen LogP contribution in [0.5, 0.6) is 0 Å². The minimum absolute atomic E-state index is 0.0808. The normalized spacial score (nSPS) is 21.0. The number of anilines is 1. The van der Waals surface area contributed by atoms with E-state index in [0.717, 1.165) is 32.2 Å². The summed E-state index contributed by atoms with van der Waals surface area (Å²) in [7, 11) is 0. The number of carbonyl (C=O) groups is 1. The molecule has 0 amide bonds. The Labute approximate surface area is 131 Å². The molecule has 0 unspecified atom stereocenters. The van der Waals surface area contributed by atoms with Gasteiger partial charge in [-0.3, -0.25) is 4.90 Å². The van der Waals surface area contributed by atoms with Crippen LogP contribution in [0.25, 0.3) is 0 Å². The standard InChI is InChI=1S/C16H24N4O2/c1-12-11-14(15(21)22)18-16(17-12)20-9-7-19(8-10-20)13-5-3-2-4-6-13/h11,13H,2-10H2,1H3,(H,21,22). The lowest BCUT2D eigenvalue weighted by Crippen LogP contribution is -2.51. The van der Waals surface area contributed by atoms with Crippen LogP contribution in [0.1, 0.15) is 48.3 Å². The maximum atomic E-state index is 11.1. The molecule has 2 aliphatic rings. The second-order valence-electron chi connectivity index (χ2n) is 6.31. The Bertz CT molecular complexity index is 535. The summed E-state index contributed by atoms with van der Waals surface area (Å²) in [6.45, 7) is 5.60. The van der Waals surface area contributed by atoms with Crippen molar-refractivity contribution in [3.63, 3.8) is 0 Å². The first kappa shape index (κ1) is 15.2. The van der Waals surface area contributed by atoms with E-state index in [1.54, 1.807) is 0 Å². The highest BCUT2D eigenvalue weighted by Crippen LogP contribution is 2.24. The van der Waals surface area contributed by atoms with Gasteiger partial charge in [-0.2, -0.15) is 0 Å². The number of aromatic carboxylic acids is 1. The fourth-order valence-corrected chi connectivity index (χ4v) is 3.54. The maximum absolute atomic E-state index is 11.1. The van der Waals surface area contributed by atoms with Crippen molar-refractivity contribution >= 4 is 11.9 Å². The van der Waals surface area contributed by atoms with Crippen molar-refractivity contribution in [2.45, 2.75) is 45.1 Å². The number of hydrogen-bond donors (Lipinski definition) is 1. The lowest BCUT2D eigenvalue weighted by Gasteiger charge is -2.40. The highest BCUT2D eigenvalue weighted by Gasteiger charge is 2.26. The minimum atomic E-state index is -0.993. The van der Waals surface area contributed by atoms with Gasteiger partial charge in [0.2, 0.25) is 5.95 Å². The van der Waals surface area contributed by atoms with Gasteiger partial charge in [0.1, 0.15) is 0 Å². The molecule has 1 saturated carbocycles. The van der Waals surface area contributed by atoms with Gasteiger partial charge in [0, 0.05) is 37.9 Å². The second kappa shape index (κ2) is 6.60. The van der Waals surface area contributed by atoms with Crippen LogP contribution in [0.4, 0.5) is 5.95 Å². The van der Waals surface area contributed by atoms with Gasteiger partial charge in [0.05, 0.1) is 0 Å². The second-order valence-corrected chi connectivity index (χ2v) is 6.31. The number of aromatic nitrogens is 2. The first-order chi connectivity index (χ1) is 10.6. The average molecular weight is 304 g/mol. The molecule has 0 atom stereocenters. The summed E-state index contributed by atoms with van der Waals surface area (Å²) < 4.78 is 0. The lowest BCUT2D eigenvalue weighted by atomic mass is 9.94. The minimum Gasteiger partial charge on any atom is -0.477 e. The fraction of sp³-hybridized carbons (Fsp3) is 0.688. The third kappa shape index (κ3) is 3.38. The Morgan fingerprint density at radius 1 is 1.14 bits per heavy atom. The molecule has 6 nitrogen and oxygen atoms in total. The highest BCUT2D eigenvalue weighted by atomic mass is 16.4. The van der Waals surface area contributed by atoms with Crippen molar-refractivity contribution in [3.8, 4) is 0 Å². The van der Waals surface area contributed by atoms with E-state index in [-0.39, 0.29) is 5.69 Å². The molecule has 0 radical (unpaired) electrons. The summed E-state index contributed by atoms with van der Waals surface area (Å²) in [6, 6.07) is 2.26. The van der Waals surface area contributed by atoms with Crippen LogP contribution < -0.4 is 4.90 Å².